The van der Waals surface area contributed by atoms with Gasteiger partial charge in [0.25, 0.3) is 0 Å². The number of aromatic nitrogens is 8. The number of carbonyl (C=O) groups is 2. The third kappa shape index (κ3) is 14.2. The van der Waals surface area contributed by atoms with E-state index in [2.05, 4.69) is 18.9 Å². The normalized spacial score (nSPS) is 18.1. The van der Waals surface area contributed by atoms with Gasteiger partial charge in [0.15, 0.2) is 0 Å². The summed E-state index contributed by atoms with van der Waals surface area (Å²) < 4.78 is 36.4. The van der Waals surface area contributed by atoms with E-state index in [9.17, 15) is 14.7 Å². The van der Waals surface area contributed by atoms with Crippen molar-refractivity contribution in [2.24, 2.45) is 11.8 Å². The molecule has 1 N–H and O–H groups in total. The van der Waals surface area contributed by atoms with Gasteiger partial charge in [0.05, 0.1) is 100 Å². The van der Waals surface area contributed by atoms with Gasteiger partial charge >= 0.3 is 11.9 Å². The van der Waals surface area contributed by atoms with Gasteiger partial charge in [-0.25, -0.2) is 19.6 Å². The lowest BCUT2D eigenvalue weighted by Gasteiger charge is -2.32. The monoisotopic (exact) mass is 1180 g/mol. The average molecular weight is 1180 g/mol. The summed E-state index contributed by atoms with van der Waals surface area (Å²) >= 11 is 24.3. The van der Waals surface area contributed by atoms with Crippen LogP contribution in [0.1, 0.15) is 82.3 Å². The Morgan fingerprint density at radius 2 is 1.02 bits per heavy atom. The molecule has 81 heavy (non-hydrogen) atoms. The molecule has 4 saturated heterocycles. The van der Waals surface area contributed by atoms with Crippen molar-refractivity contribution in [3.63, 3.8) is 0 Å². The summed E-state index contributed by atoms with van der Waals surface area (Å²) in [6, 6.07) is 25.1. The molecule has 0 saturated carbocycles. The van der Waals surface area contributed by atoms with Gasteiger partial charge in [-0.1, -0.05) is 46.4 Å². The number of hydrogen-bond donors (Lipinski definition) is 1. The maximum absolute atomic E-state index is 12.2. The lowest BCUT2D eigenvalue weighted by Crippen LogP contribution is -2.36. The molecule has 4 aromatic heterocycles. The highest BCUT2D eigenvalue weighted by Crippen LogP contribution is 2.32. The zero-order chi connectivity index (χ0) is 56.0. The molecule has 0 bridgehead atoms. The second-order valence-corrected chi connectivity index (χ2v) is 23.0. The van der Waals surface area contributed by atoms with Gasteiger partial charge < -0.3 is 37.9 Å². The molecule has 0 unspecified atom stereocenters. The number of imidazole rings is 2. The van der Waals surface area contributed by atoms with Gasteiger partial charge in [0.1, 0.15) is 36.4 Å². The van der Waals surface area contributed by atoms with Gasteiger partial charge in [0.2, 0.25) is 0 Å². The van der Waals surface area contributed by atoms with Crippen LogP contribution >= 0.6 is 46.4 Å². The van der Waals surface area contributed by atoms with Crippen molar-refractivity contribution in [3.05, 3.63) is 152 Å². The molecule has 8 aromatic rings. The van der Waals surface area contributed by atoms with Crippen LogP contribution in [-0.2, 0) is 66.7 Å². The summed E-state index contributed by atoms with van der Waals surface area (Å²) in [6.45, 7) is 10.9. The fraction of sp³-hybridized carbons (Fsp3) is 0.424. The Morgan fingerprint density at radius 3 is 1.43 bits per heavy atom. The molecule has 12 rings (SSSR count). The standard InChI is InChI=1S/C30H33Cl2N5O4.C29H31Cl2N5O4/c1-39-30(38)21-2-4-26-27(14-21)37(17-24-9-13-40-24)29(33-26)18-35-10-6-20(7-11-35)16-36-12-8-23(34-36)19-41-28-5-3-22(31)15-25(28)32;30-21-2-4-27(24(31)14-21)40-18-22-7-11-35(33-22)15-19-5-9-34(10-6-19)17-28-32-25-3-1-20(29(37)38)13-26(25)36(28)16-23-8-12-39-23/h2-5,8,12,14-15,20,24H,6-7,9-11,13,16-19H2,1H3;1-4,7,11,13-14,19,23H,5-6,8-10,12,15-18H2,(H,37,38)/t24-;23-/m00/s1. The second kappa shape index (κ2) is 25.9. The first-order valence-corrected chi connectivity index (χ1v) is 29.1. The Morgan fingerprint density at radius 1 is 0.580 bits per heavy atom. The number of nitrogens with zero attached hydrogens (tertiary/aromatic N) is 10. The SMILES string of the molecule is COC(=O)c1ccc2nc(CN3CCC(Cn4ccc(COc5ccc(Cl)cc5Cl)n4)CC3)n(C[C@@H]3CCO3)c2c1.O=C(O)c1ccc2nc(CN3CCC(Cn4ccc(COc5ccc(Cl)cc5Cl)n4)CC3)n(C[C@@H]3CCO3)c2c1. The number of esters is 1. The molecule has 4 aromatic carbocycles. The first kappa shape index (κ1) is 56.6. The van der Waals surface area contributed by atoms with Crippen LogP contribution in [0.15, 0.2) is 97.3 Å². The number of hydrogen-bond acceptors (Lipinski definition) is 13. The minimum Gasteiger partial charge on any atom is -0.486 e. The third-order valence-corrected chi connectivity index (χ3v) is 16.7. The van der Waals surface area contributed by atoms with Crippen molar-refractivity contribution in [2.75, 3.05) is 46.5 Å². The molecule has 426 valence electrons. The first-order valence-electron chi connectivity index (χ1n) is 27.5. The van der Waals surface area contributed by atoms with Crippen molar-refractivity contribution >= 4 is 80.4 Å². The number of carbonyl (C=O) groups excluding carboxylic acids is 1. The molecular weight excluding hydrogens is 1120 g/mol. The van der Waals surface area contributed by atoms with Crippen LogP contribution in [0.4, 0.5) is 0 Å². The van der Waals surface area contributed by atoms with Gasteiger partial charge in [0, 0.05) is 48.7 Å². The van der Waals surface area contributed by atoms with Crippen LogP contribution in [0.3, 0.4) is 0 Å². The van der Waals surface area contributed by atoms with E-state index in [1.165, 1.54) is 7.11 Å². The Hall–Kier alpha value is -6.22. The number of halogens is 4. The topological polar surface area (TPSA) is 178 Å². The van der Waals surface area contributed by atoms with E-state index in [1.807, 2.05) is 46.0 Å². The number of likely N-dealkylation sites (tertiary alicyclic amines) is 2. The minimum absolute atomic E-state index is 0.155. The molecule has 8 heterocycles. The van der Waals surface area contributed by atoms with E-state index < -0.39 is 5.97 Å². The van der Waals surface area contributed by atoms with Crippen molar-refractivity contribution in [3.8, 4) is 11.5 Å². The highest BCUT2D eigenvalue weighted by atomic mass is 35.5. The molecule has 0 amide bonds. The van der Waals surface area contributed by atoms with Crippen molar-refractivity contribution in [2.45, 2.75) is 103 Å². The molecule has 0 aliphatic carbocycles. The third-order valence-electron chi connectivity index (χ3n) is 15.6. The van der Waals surface area contributed by atoms with Crippen LogP contribution in [-0.4, -0.2) is 124 Å². The largest absolute Gasteiger partial charge is 0.486 e. The number of fused-ring (bicyclic) bond motifs is 2. The van der Waals surface area contributed by atoms with E-state index in [1.54, 1.807) is 60.7 Å². The average Bonchev–Trinajstić information content (AvgIpc) is 4.42. The molecule has 0 spiro atoms. The van der Waals surface area contributed by atoms with Crippen LogP contribution in [0.5, 0.6) is 11.5 Å². The lowest BCUT2D eigenvalue weighted by atomic mass is 9.97. The van der Waals surface area contributed by atoms with Crippen molar-refractivity contribution in [1.29, 1.82) is 0 Å². The van der Waals surface area contributed by atoms with E-state index in [-0.39, 0.29) is 23.7 Å². The number of aromatic carboxylic acids is 1. The van der Waals surface area contributed by atoms with E-state index in [4.69, 9.17) is 90.3 Å². The summed E-state index contributed by atoms with van der Waals surface area (Å²) in [5.74, 6) is 2.97. The Balaban J connectivity index is 0.000000170. The van der Waals surface area contributed by atoms with E-state index in [0.717, 1.165) is 156 Å². The molecule has 4 fully saturated rings. The molecular formula is C59H64Cl4N10O8. The Labute approximate surface area is 489 Å². The maximum Gasteiger partial charge on any atom is 0.337 e. The molecule has 4 aliphatic rings. The molecule has 22 heteroatoms. The van der Waals surface area contributed by atoms with Crippen molar-refractivity contribution in [1.82, 2.24) is 48.5 Å². The number of rotatable bonds is 20. The quantitative estimate of drug-likeness (QED) is 0.0713. The summed E-state index contributed by atoms with van der Waals surface area (Å²) in [6.07, 6.45) is 10.7. The van der Waals surface area contributed by atoms with Gasteiger partial charge in [-0.3, -0.25) is 19.2 Å². The predicted molar refractivity (Wildman–Crippen MR) is 309 cm³/mol. The Bertz CT molecular complexity index is 3490. The summed E-state index contributed by atoms with van der Waals surface area (Å²) in [4.78, 5) is 38.5. The van der Waals surface area contributed by atoms with Gasteiger partial charge in [-0.05, 0) is 161 Å². The fourth-order valence-electron chi connectivity index (χ4n) is 10.9. The zero-order valence-electron chi connectivity index (χ0n) is 45.0. The first-order chi connectivity index (χ1) is 39.4. The summed E-state index contributed by atoms with van der Waals surface area (Å²) in [5.41, 5.74) is 6.04. The lowest BCUT2D eigenvalue weighted by molar-refractivity contribution is -0.0593. The number of piperidine rings is 2. The maximum atomic E-state index is 12.2. The zero-order valence-corrected chi connectivity index (χ0v) is 48.0. The predicted octanol–water partition coefficient (Wildman–Crippen LogP) is 11.1. The Kier molecular flexibility index (Phi) is 18.1. The smallest absolute Gasteiger partial charge is 0.337 e. The summed E-state index contributed by atoms with van der Waals surface area (Å²) in [7, 11) is 1.40. The highest BCUT2D eigenvalue weighted by molar-refractivity contribution is 6.36. The van der Waals surface area contributed by atoms with E-state index >= 15 is 0 Å². The number of benzene rings is 4. The van der Waals surface area contributed by atoms with Crippen molar-refractivity contribution < 1.29 is 38.4 Å². The number of ether oxygens (including phenoxy) is 5. The molecule has 4 aliphatic heterocycles. The van der Waals surface area contributed by atoms with Gasteiger partial charge in [-0.2, -0.15) is 10.2 Å². The summed E-state index contributed by atoms with van der Waals surface area (Å²) in [5, 5.41) is 21.0. The molecule has 2 atom stereocenters. The molecule has 0 radical (unpaired) electrons. The van der Waals surface area contributed by atoms with Crippen LogP contribution in [0, 0.1) is 11.8 Å². The number of carboxylic acid groups (broad SMARTS) is 1. The van der Waals surface area contributed by atoms with E-state index in [0.29, 0.717) is 68.7 Å². The number of methoxy groups -OCH3 is 1. The molecule has 18 nitrogen and oxygen atoms in total. The van der Waals surface area contributed by atoms with Crippen LogP contribution < -0.4 is 9.47 Å². The van der Waals surface area contributed by atoms with Crippen LogP contribution in [0.25, 0.3) is 22.1 Å². The van der Waals surface area contributed by atoms with Gasteiger partial charge in [-0.15, -0.1) is 0 Å². The number of carboxylic acids is 1. The van der Waals surface area contributed by atoms with Crippen LogP contribution in [0.2, 0.25) is 20.1 Å². The fourth-order valence-corrected chi connectivity index (χ4v) is 11.8. The minimum atomic E-state index is -0.930. The second-order valence-electron chi connectivity index (χ2n) is 21.3. The highest BCUT2D eigenvalue weighted by Gasteiger charge is 2.28.